The van der Waals surface area contributed by atoms with Crippen LogP contribution in [0, 0.1) is 0 Å². The van der Waals surface area contributed by atoms with E-state index >= 15 is 0 Å². The molecule has 0 unspecified atom stereocenters. The van der Waals surface area contributed by atoms with Crippen LogP contribution < -0.4 is 0 Å². The second-order valence-corrected chi connectivity index (χ2v) is 5.98. The lowest BCUT2D eigenvalue weighted by molar-refractivity contribution is -0.146. The lowest BCUT2D eigenvalue weighted by Gasteiger charge is -2.06. The normalized spacial score (nSPS) is 10.3. The summed E-state index contributed by atoms with van der Waals surface area (Å²) in [5, 5.41) is 0. The molecule has 1 rings (SSSR count). The molecule has 22 heavy (non-hydrogen) atoms. The molecule has 5 heteroatoms. The van der Waals surface area contributed by atoms with E-state index in [-0.39, 0.29) is 31.4 Å². The Morgan fingerprint density at radius 2 is 1.59 bits per heavy atom. The third-order valence-electron chi connectivity index (χ3n) is 3.09. The Morgan fingerprint density at radius 1 is 0.955 bits per heavy atom. The van der Waals surface area contributed by atoms with Gasteiger partial charge >= 0.3 is 11.9 Å². The van der Waals surface area contributed by atoms with Gasteiger partial charge in [-0.05, 0) is 30.5 Å². The third kappa shape index (κ3) is 8.82. The number of benzene rings is 1. The Hall–Kier alpha value is -1.36. The number of carbonyl (C=O) groups is 2. The first kappa shape index (κ1) is 18.7. The summed E-state index contributed by atoms with van der Waals surface area (Å²) in [5.74, 6) is -0.529. The largest absolute Gasteiger partial charge is 0.466 e. The molecule has 0 aromatic heterocycles. The summed E-state index contributed by atoms with van der Waals surface area (Å²) in [5.41, 5.74) is 0.937. The molecule has 0 spiro atoms. The topological polar surface area (TPSA) is 52.6 Å². The zero-order valence-corrected chi connectivity index (χ0v) is 14.6. The average molecular weight is 371 g/mol. The van der Waals surface area contributed by atoms with Gasteiger partial charge in [0.25, 0.3) is 0 Å². The first-order valence-electron chi connectivity index (χ1n) is 7.67. The van der Waals surface area contributed by atoms with Gasteiger partial charge in [0.15, 0.2) is 0 Å². The van der Waals surface area contributed by atoms with Gasteiger partial charge in [-0.2, -0.15) is 0 Å². The maximum Gasteiger partial charge on any atom is 0.306 e. The van der Waals surface area contributed by atoms with E-state index in [1.54, 1.807) is 0 Å². The van der Waals surface area contributed by atoms with E-state index in [0.717, 1.165) is 29.3 Å². The van der Waals surface area contributed by atoms with Crippen LogP contribution in [0.2, 0.25) is 0 Å². The molecule has 0 N–H and O–H groups in total. The predicted octanol–water partition coefficient (Wildman–Crippen LogP) is 4.40. The van der Waals surface area contributed by atoms with Gasteiger partial charge in [-0.1, -0.05) is 47.8 Å². The van der Waals surface area contributed by atoms with Gasteiger partial charge in [-0.15, -0.1) is 0 Å². The number of rotatable bonds is 10. The van der Waals surface area contributed by atoms with Crippen molar-refractivity contribution in [3.63, 3.8) is 0 Å². The van der Waals surface area contributed by atoms with Gasteiger partial charge in [0.1, 0.15) is 6.61 Å². The second kappa shape index (κ2) is 11.2. The minimum atomic E-state index is -0.290. The third-order valence-corrected chi connectivity index (χ3v) is 3.61. The van der Waals surface area contributed by atoms with Gasteiger partial charge in [0.05, 0.1) is 6.61 Å². The number of unbranched alkanes of at least 4 members (excludes halogenated alkanes) is 2. The molecule has 122 valence electrons. The molecule has 0 aliphatic rings. The van der Waals surface area contributed by atoms with Gasteiger partial charge in [0.2, 0.25) is 0 Å². The molecule has 1 aromatic carbocycles. The molecule has 0 amide bonds. The Bertz CT molecular complexity index is 456. The highest BCUT2D eigenvalue weighted by Crippen LogP contribution is 2.11. The van der Waals surface area contributed by atoms with Crippen molar-refractivity contribution in [3.05, 3.63) is 34.3 Å². The number of ether oxygens (including phenoxy) is 2. The van der Waals surface area contributed by atoms with Gasteiger partial charge in [0, 0.05) is 17.3 Å². The summed E-state index contributed by atoms with van der Waals surface area (Å²) < 4.78 is 11.2. The summed E-state index contributed by atoms with van der Waals surface area (Å²) >= 11 is 3.35. The van der Waals surface area contributed by atoms with Crippen LogP contribution in [0.5, 0.6) is 0 Å². The maximum absolute atomic E-state index is 11.6. The fourth-order valence-electron chi connectivity index (χ4n) is 1.80. The van der Waals surface area contributed by atoms with E-state index in [9.17, 15) is 9.59 Å². The molecule has 0 bridgehead atoms. The van der Waals surface area contributed by atoms with Crippen LogP contribution >= 0.6 is 15.9 Å². The first-order chi connectivity index (χ1) is 10.6. The molecule has 0 saturated heterocycles. The van der Waals surface area contributed by atoms with E-state index in [2.05, 4.69) is 22.9 Å². The van der Waals surface area contributed by atoms with Gasteiger partial charge in [-0.3, -0.25) is 9.59 Å². The van der Waals surface area contributed by atoms with Crippen molar-refractivity contribution in [2.45, 2.75) is 52.1 Å². The summed E-state index contributed by atoms with van der Waals surface area (Å²) in [6.07, 6.45) is 4.03. The van der Waals surface area contributed by atoms with Crippen LogP contribution in [0.15, 0.2) is 28.7 Å². The zero-order chi connectivity index (χ0) is 16.2. The number of hydrogen-bond donors (Lipinski definition) is 0. The van der Waals surface area contributed by atoms with E-state index in [4.69, 9.17) is 9.47 Å². The molecule has 4 nitrogen and oxygen atoms in total. The molecule has 0 aliphatic heterocycles. The smallest absolute Gasteiger partial charge is 0.306 e. The number of hydrogen-bond acceptors (Lipinski definition) is 4. The van der Waals surface area contributed by atoms with Gasteiger partial charge < -0.3 is 9.47 Å². The minimum absolute atomic E-state index is 0.237. The summed E-state index contributed by atoms with van der Waals surface area (Å²) in [6.45, 7) is 2.83. The lowest BCUT2D eigenvalue weighted by Crippen LogP contribution is -2.08. The zero-order valence-electron chi connectivity index (χ0n) is 13.0. The van der Waals surface area contributed by atoms with Crippen LogP contribution in [0.25, 0.3) is 0 Å². The first-order valence-corrected chi connectivity index (χ1v) is 8.46. The monoisotopic (exact) mass is 370 g/mol. The van der Waals surface area contributed by atoms with Crippen molar-refractivity contribution in [1.82, 2.24) is 0 Å². The van der Waals surface area contributed by atoms with Crippen LogP contribution in [-0.4, -0.2) is 18.5 Å². The molecule has 1 aromatic rings. The van der Waals surface area contributed by atoms with Crippen molar-refractivity contribution in [2.75, 3.05) is 6.61 Å². The van der Waals surface area contributed by atoms with Crippen molar-refractivity contribution in [3.8, 4) is 0 Å². The van der Waals surface area contributed by atoms with Crippen molar-refractivity contribution < 1.29 is 19.1 Å². The highest BCUT2D eigenvalue weighted by atomic mass is 79.9. The SMILES string of the molecule is CCCCCOC(=O)CCCC(=O)OCc1ccc(Br)cc1. The number of carbonyl (C=O) groups excluding carboxylic acids is 2. The van der Waals surface area contributed by atoms with Crippen molar-refractivity contribution >= 4 is 27.9 Å². The van der Waals surface area contributed by atoms with Crippen LogP contribution in [0.4, 0.5) is 0 Å². The molecule has 0 fully saturated rings. The average Bonchev–Trinajstić information content (AvgIpc) is 2.51. The fourth-order valence-corrected chi connectivity index (χ4v) is 2.07. The Labute approximate surface area is 140 Å². The van der Waals surface area contributed by atoms with E-state index in [0.29, 0.717) is 13.0 Å². The van der Waals surface area contributed by atoms with Crippen LogP contribution in [0.1, 0.15) is 51.0 Å². The molecule has 0 saturated carbocycles. The lowest BCUT2D eigenvalue weighted by atomic mass is 10.2. The summed E-state index contributed by atoms with van der Waals surface area (Å²) in [6, 6.07) is 7.59. The van der Waals surface area contributed by atoms with Crippen LogP contribution in [0.3, 0.4) is 0 Å². The predicted molar refractivity (Wildman–Crippen MR) is 88.3 cm³/mol. The van der Waals surface area contributed by atoms with E-state index < -0.39 is 0 Å². The summed E-state index contributed by atoms with van der Waals surface area (Å²) in [7, 11) is 0. The minimum Gasteiger partial charge on any atom is -0.466 e. The molecule has 0 atom stereocenters. The molecule has 0 radical (unpaired) electrons. The highest BCUT2D eigenvalue weighted by Gasteiger charge is 2.07. The van der Waals surface area contributed by atoms with Crippen molar-refractivity contribution in [1.29, 1.82) is 0 Å². The highest BCUT2D eigenvalue weighted by molar-refractivity contribution is 9.10. The second-order valence-electron chi connectivity index (χ2n) is 5.07. The Balaban J connectivity index is 2.08. The van der Waals surface area contributed by atoms with Crippen molar-refractivity contribution in [2.24, 2.45) is 0 Å². The molecule has 0 heterocycles. The molecular formula is C17H23BrO4. The number of esters is 2. The maximum atomic E-state index is 11.6. The van der Waals surface area contributed by atoms with E-state index in [1.165, 1.54) is 0 Å². The number of halogens is 1. The Morgan fingerprint density at radius 3 is 2.23 bits per heavy atom. The quantitative estimate of drug-likeness (QED) is 0.452. The standard InChI is InChI=1S/C17H23BrO4/c1-2-3-4-12-21-16(19)6-5-7-17(20)22-13-14-8-10-15(18)11-9-14/h8-11H,2-7,12-13H2,1H3. The molecule has 0 aliphatic carbocycles. The fraction of sp³-hybridized carbons (Fsp3) is 0.529. The molecular weight excluding hydrogens is 348 g/mol. The van der Waals surface area contributed by atoms with E-state index in [1.807, 2.05) is 24.3 Å². The summed E-state index contributed by atoms with van der Waals surface area (Å²) in [4.78, 5) is 23.0. The Kier molecular flexibility index (Phi) is 9.55. The van der Waals surface area contributed by atoms with Gasteiger partial charge in [-0.25, -0.2) is 0 Å². The van der Waals surface area contributed by atoms with Crippen LogP contribution in [-0.2, 0) is 25.7 Å².